The number of aromatic nitrogens is 2. The first-order valence-corrected chi connectivity index (χ1v) is 3.86. The van der Waals surface area contributed by atoms with E-state index in [2.05, 4.69) is 15.3 Å². The third kappa shape index (κ3) is 2.14. The van der Waals surface area contributed by atoms with Crippen molar-refractivity contribution in [3.05, 3.63) is 18.1 Å². The van der Waals surface area contributed by atoms with Gasteiger partial charge in [-0.25, -0.2) is 4.98 Å². The Morgan fingerprint density at radius 1 is 1.46 bits per heavy atom. The van der Waals surface area contributed by atoms with Crippen molar-refractivity contribution in [1.29, 1.82) is 0 Å². The van der Waals surface area contributed by atoms with Crippen LogP contribution in [0.3, 0.4) is 0 Å². The van der Waals surface area contributed by atoms with Gasteiger partial charge in [-0.3, -0.25) is 9.78 Å². The summed E-state index contributed by atoms with van der Waals surface area (Å²) >= 11 is 0. The van der Waals surface area contributed by atoms with Crippen LogP contribution in [0.1, 0.15) is 10.5 Å². The Morgan fingerprint density at radius 2 is 2.15 bits per heavy atom. The summed E-state index contributed by atoms with van der Waals surface area (Å²) in [7, 11) is 5.08. The topological polar surface area (TPSA) is 58.1 Å². The molecule has 0 saturated heterocycles. The number of anilines is 1. The van der Waals surface area contributed by atoms with Crippen molar-refractivity contribution in [2.45, 2.75) is 0 Å². The zero-order valence-corrected chi connectivity index (χ0v) is 7.90. The summed E-state index contributed by atoms with van der Waals surface area (Å²) in [5, 5.41) is 2.82. The average Bonchev–Trinajstić information content (AvgIpc) is 2.16. The molecular formula is C8H12N4O. The Hall–Kier alpha value is -1.65. The van der Waals surface area contributed by atoms with Gasteiger partial charge in [0.15, 0.2) is 0 Å². The first-order chi connectivity index (χ1) is 6.15. The number of nitrogens with one attached hydrogen (secondary N) is 1. The van der Waals surface area contributed by atoms with Crippen LogP contribution in [0.15, 0.2) is 12.4 Å². The maximum Gasteiger partial charge on any atom is 0.273 e. The van der Waals surface area contributed by atoms with Gasteiger partial charge in [0.05, 0.1) is 12.4 Å². The van der Waals surface area contributed by atoms with E-state index in [1.165, 1.54) is 11.1 Å². The van der Waals surface area contributed by atoms with Gasteiger partial charge < -0.3 is 10.2 Å². The number of rotatable bonds is 2. The predicted octanol–water partition coefficient (Wildman–Crippen LogP) is 0.220. The maximum atomic E-state index is 11.4. The molecule has 70 valence electrons. The van der Waals surface area contributed by atoms with Crippen molar-refractivity contribution in [1.82, 2.24) is 14.9 Å². The van der Waals surface area contributed by atoms with Crippen molar-refractivity contribution < 1.29 is 4.79 Å². The van der Waals surface area contributed by atoms with Gasteiger partial charge in [0.25, 0.3) is 5.91 Å². The van der Waals surface area contributed by atoms with Gasteiger partial charge in [-0.1, -0.05) is 0 Å². The minimum absolute atomic E-state index is 0.149. The van der Waals surface area contributed by atoms with E-state index in [0.717, 1.165) is 0 Å². The Balaban J connectivity index is 2.95. The third-order valence-electron chi connectivity index (χ3n) is 1.52. The first kappa shape index (κ1) is 9.44. The molecule has 1 heterocycles. The lowest BCUT2D eigenvalue weighted by atomic mass is 10.4. The zero-order chi connectivity index (χ0) is 9.84. The van der Waals surface area contributed by atoms with Crippen LogP contribution in [0.5, 0.6) is 0 Å². The standard InChI is InChI=1S/C8H12N4O/c1-9-7-5-10-4-6(11-7)8(13)12(2)3/h4-5H,1-3H3,(H,9,11). The fraction of sp³-hybridized carbons (Fsp3) is 0.375. The van der Waals surface area contributed by atoms with Crippen molar-refractivity contribution in [2.75, 3.05) is 26.5 Å². The van der Waals surface area contributed by atoms with Crippen LogP contribution in [0, 0.1) is 0 Å². The van der Waals surface area contributed by atoms with E-state index in [0.29, 0.717) is 11.5 Å². The Bertz CT molecular complexity index is 311. The molecule has 0 unspecified atom stereocenters. The highest BCUT2D eigenvalue weighted by molar-refractivity contribution is 5.91. The van der Waals surface area contributed by atoms with Gasteiger partial charge in [0, 0.05) is 21.1 Å². The molecule has 0 spiro atoms. The molecule has 0 atom stereocenters. The van der Waals surface area contributed by atoms with Crippen LogP contribution in [0.2, 0.25) is 0 Å². The molecule has 0 saturated carbocycles. The van der Waals surface area contributed by atoms with Crippen LogP contribution < -0.4 is 5.32 Å². The number of hydrogen-bond donors (Lipinski definition) is 1. The summed E-state index contributed by atoms with van der Waals surface area (Å²) in [6, 6.07) is 0. The minimum atomic E-state index is -0.149. The van der Waals surface area contributed by atoms with Crippen molar-refractivity contribution in [3.63, 3.8) is 0 Å². The van der Waals surface area contributed by atoms with E-state index >= 15 is 0 Å². The van der Waals surface area contributed by atoms with Crippen LogP contribution >= 0.6 is 0 Å². The van der Waals surface area contributed by atoms with Crippen LogP contribution in [-0.4, -0.2) is 41.9 Å². The lowest BCUT2D eigenvalue weighted by Crippen LogP contribution is -2.23. The van der Waals surface area contributed by atoms with E-state index in [1.807, 2.05) is 0 Å². The zero-order valence-electron chi connectivity index (χ0n) is 7.90. The lowest BCUT2D eigenvalue weighted by Gasteiger charge is -2.09. The van der Waals surface area contributed by atoms with Crippen LogP contribution in [-0.2, 0) is 0 Å². The largest absolute Gasteiger partial charge is 0.372 e. The fourth-order valence-corrected chi connectivity index (χ4v) is 0.819. The molecular weight excluding hydrogens is 168 g/mol. The fourth-order valence-electron chi connectivity index (χ4n) is 0.819. The normalized spacial score (nSPS) is 9.46. The second-order valence-corrected chi connectivity index (χ2v) is 2.74. The molecule has 1 aromatic heterocycles. The molecule has 5 heteroatoms. The lowest BCUT2D eigenvalue weighted by molar-refractivity contribution is 0.0821. The van der Waals surface area contributed by atoms with Gasteiger partial charge in [-0.2, -0.15) is 0 Å². The summed E-state index contributed by atoms with van der Waals surface area (Å²) in [5.41, 5.74) is 0.344. The molecule has 1 amide bonds. The van der Waals surface area contributed by atoms with E-state index < -0.39 is 0 Å². The summed E-state index contributed by atoms with van der Waals surface area (Å²) in [4.78, 5) is 20.8. The molecule has 1 rings (SSSR count). The van der Waals surface area contributed by atoms with Gasteiger partial charge in [0.2, 0.25) is 0 Å². The van der Waals surface area contributed by atoms with E-state index in [1.54, 1.807) is 27.3 Å². The Labute approximate surface area is 76.8 Å². The quantitative estimate of drug-likeness (QED) is 0.707. The highest BCUT2D eigenvalue weighted by Crippen LogP contribution is 2.02. The van der Waals surface area contributed by atoms with Gasteiger partial charge in [-0.05, 0) is 0 Å². The predicted molar refractivity (Wildman–Crippen MR) is 49.6 cm³/mol. The first-order valence-electron chi connectivity index (χ1n) is 3.86. The summed E-state index contributed by atoms with van der Waals surface area (Å²) < 4.78 is 0. The number of carbonyl (C=O) groups is 1. The van der Waals surface area contributed by atoms with E-state index in [4.69, 9.17) is 0 Å². The minimum Gasteiger partial charge on any atom is -0.372 e. The van der Waals surface area contributed by atoms with Gasteiger partial charge in [-0.15, -0.1) is 0 Å². The summed E-state index contributed by atoms with van der Waals surface area (Å²) in [6.07, 6.45) is 3.01. The molecule has 0 bridgehead atoms. The van der Waals surface area contributed by atoms with Gasteiger partial charge >= 0.3 is 0 Å². The smallest absolute Gasteiger partial charge is 0.273 e. The molecule has 5 nitrogen and oxygen atoms in total. The average molecular weight is 180 g/mol. The molecule has 0 aliphatic rings. The van der Waals surface area contributed by atoms with Gasteiger partial charge in [0.1, 0.15) is 11.5 Å². The molecule has 0 aliphatic heterocycles. The maximum absolute atomic E-state index is 11.4. The molecule has 1 aromatic rings. The van der Waals surface area contributed by atoms with E-state index in [9.17, 15) is 4.79 Å². The molecule has 1 N–H and O–H groups in total. The number of nitrogens with zero attached hydrogens (tertiary/aromatic N) is 3. The summed E-state index contributed by atoms with van der Waals surface area (Å²) in [5.74, 6) is 0.442. The third-order valence-corrected chi connectivity index (χ3v) is 1.52. The highest BCUT2D eigenvalue weighted by atomic mass is 16.2. The van der Waals surface area contributed by atoms with Crippen molar-refractivity contribution in [2.24, 2.45) is 0 Å². The number of amides is 1. The van der Waals surface area contributed by atoms with Crippen LogP contribution in [0.25, 0.3) is 0 Å². The van der Waals surface area contributed by atoms with Crippen LogP contribution in [0.4, 0.5) is 5.82 Å². The monoisotopic (exact) mass is 180 g/mol. The second kappa shape index (κ2) is 3.84. The Morgan fingerprint density at radius 3 is 2.69 bits per heavy atom. The molecule has 0 aromatic carbocycles. The molecule has 13 heavy (non-hydrogen) atoms. The Kier molecular flexibility index (Phi) is 2.79. The molecule has 0 fully saturated rings. The summed E-state index contributed by atoms with van der Waals surface area (Å²) in [6.45, 7) is 0. The number of hydrogen-bond acceptors (Lipinski definition) is 4. The molecule has 0 radical (unpaired) electrons. The SMILES string of the molecule is CNc1cncc(C(=O)N(C)C)n1. The van der Waals surface area contributed by atoms with E-state index in [-0.39, 0.29) is 5.91 Å². The second-order valence-electron chi connectivity index (χ2n) is 2.74. The number of carbonyl (C=O) groups excluding carboxylic acids is 1. The molecule has 0 aliphatic carbocycles. The van der Waals surface area contributed by atoms with Crippen molar-refractivity contribution >= 4 is 11.7 Å². The van der Waals surface area contributed by atoms with Crippen molar-refractivity contribution in [3.8, 4) is 0 Å². The highest BCUT2D eigenvalue weighted by Gasteiger charge is 2.09.